The Morgan fingerprint density at radius 2 is 1.68 bits per heavy atom. The van der Waals surface area contributed by atoms with Gasteiger partial charge >= 0.3 is 6.09 Å². The van der Waals surface area contributed by atoms with Crippen molar-refractivity contribution in [2.45, 2.75) is 52.3 Å². The number of carbonyl (C=O) groups excluding carboxylic acids is 3. The zero-order valence-electron chi connectivity index (χ0n) is 22.0. The van der Waals surface area contributed by atoms with Crippen LogP contribution in [0.15, 0.2) is 42.5 Å². The Bertz CT molecular complexity index is 1130. The van der Waals surface area contributed by atoms with Crippen molar-refractivity contribution in [3.8, 4) is 11.8 Å². The number of methoxy groups -OCH3 is 1. The van der Waals surface area contributed by atoms with Gasteiger partial charge in [0.05, 0.1) is 19.8 Å². The first-order chi connectivity index (χ1) is 17.4. The summed E-state index contributed by atoms with van der Waals surface area (Å²) in [5.41, 5.74) is 1.61. The van der Waals surface area contributed by atoms with Crippen molar-refractivity contribution in [2.24, 2.45) is 0 Å². The van der Waals surface area contributed by atoms with Gasteiger partial charge in [-0.05, 0) is 75.6 Å². The number of hydrogen-bond acceptors (Lipinski definition) is 7. The van der Waals surface area contributed by atoms with E-state index in [1.54, 1.807) is 71.0 Å². The maximum Gasteiger partial charge on any atom is 0.408 e. The minimum atomic E-state index is -1.44. The maximum atomic E-state index is 13.7. The van der Waals surface area contributed by atoms with Crippen molar-refractivity contribution < 1.29 is 29.0 Å². The molecule has 2 atom stereocenters. The number of hydrogen-bond donors (Lipinski definition) is 3. The molecular formula is C27H34N4O6. The Morgan fingerprint density at radius 3 is 2.16 bits per heavy atom. The lowest BCUT2D eigenvalue weighted by molar-refractivity contribution is -0.140. The first-order valence-corrected chi connectivity index (χ1v) is 11.7. The number of rotatable bonds is 9. The average Bonchev–Trinajstić information content (AvgIpc) is 2.82. The molecule has 2 unspecified atom stereocenters. The molecule has 0 aliphatic rings. The molecule has 2 rings (SSSR count). The van der Waals surface area contributed by atoms with Crippen LogP contribution in [0.1, 0.15) is 43.5 Å². The number of ether oxygens (including phenoxy) is 2. The SMILES string of the molecule is COc1ccc(NC(=O)C(c2c(C)cccc2C)N(CC#N)C(=O)C(CO)NC(=O)OC(C)(C)C)cc1. The highest BCUT2D eigenvalue weighted by Crippen LogP contribution is 2.30. The van der Waals surface area contributed by atoms with Crippen molar-refractivity contribution in [3.05, 3.63) is 59.2 Å². The smallest absolute Gasteiger partial charge is 0.408 e. The van der Waals surface area contributed by atoms with E-state index in [1.165, 1.54) is 7.11 Å². The number of nitrogens with zero attached hydrogens (tertiary/aromatic N) is 2. The molecule has 0 spiro atoms. The van der Waals surface area contributed by atoms with Crippen LogP contribution in [-0.4, -0.2) is 59.8 Å². The molecule has 3 N–H and O–H groups in total. The second-order valence-corrected chi connectivity index (χ2v) is 9.43. The van der Waals surface area contributed by atoms with Crippen molar-refractivity contribution in [1.29, 1.82) is 5.26 Å². The van der Waals surface area contributed by atoms with Crippen LogP contribution >= 0.6 is 0 Å². The van der Waals surface area contributed by atoms with Gasteiger partial charge in [-0.2, -0.15) is 5.26 Å². The molecule has 37 heavy (non-hydrogen) atoms. The number of carbonyl (C=O) groups is 3. The molecule has 0 saturated carbocycles. The Hall–Kier alpha value is -4.10. The van der Waals surface area contributed by atoms with Gasteiger partial charge in [0, 0.05) is 5.69 Å². The lowest BCUT2D eigenvalue weighted by Gasteiger charge is -2.33. The standard InChI is InChI=1S/C27H34N4O6/c1-17-8-7-9-18(2)22(17)23(24(33)29-19-10-12-20(36-6)13-11-19)31(15-14-28)25(34)21(16-32)30-26(35)37-27(3,4)5/h7-13,21,23,32H,15-16H2,1-6H3,(H,29,33)(H,30,35). The molecule has 0 aromatic heterocycles. The van der Waals surface area contributed by atoms with Crippen LogP contribution in [0.3, 0.4) is 0 Å². The van der Waals surface area contributed by atoms with Crippen LogP contribution in [0.4, 0.5) is 10.5 Å². The van der Waals surface area contributed by atoms with Crippen LogP contribution in [0.5, 0.6) is 5.75 Å². The maximum absolute atomic E-state index is 13.7. The topological polar surface area (TPSA) is 141 Å². The van der Waals surface area contributed by atoms with Gasteiger partial charge in [-0.15, -0.1) is 0 Å². The molecule has 198 valence electrons. The van der Waals surface area contributed by atoms with E-state index in [-0.39, 0.29) is 0 Å². The van der Waals surface area contributed by atoms with Crippen molar-refractivity contribution >= 4 is 23.6 Å². The summed E-state index contributed by atoms with van der Waals surface area (Å²) >= 11 is 0. The third-order valence-electron chi connectivity index (χ3n) is 5.43. The number of aryl methyl sites for hydroxylation is 2. The van der Waals surface area contributed by atoms with Crippen molar-refractivity contribution in [2.75, 3.05) is 25.6 Å². The van der Waals surface area contributed by atoms with E-state index in [2.05, 4.69) is 10.6 Å². The molecule has 0 aliphatic heterocycles. The van der Waals surface area contributed by atoms with Gasteiger partial charge in [-0.3, -0.25) is 9.59 Å². The third-order valence-corrected chi connectivity index (χ3v) is 5.43. The summed E-state index contributed by atoms with van der Waals surface area (Å²) in [5, 5.41) is 24.6. The molecule has 10 heteroatoms. The average molecular weight is 511 g/mol. The number of alkyl carbamates (subject to hydrolysis) is 1. The number of nitriles is 1. The Morgan fingerprint density at radius 1 is 1.08 bits per heavy atom. The molecular weight excluding hydrogens is 476 g/mol. The van der Waals surface area contributed by atoms with Crippen LogP contribution < -0.4 is 15.4 Å². The number of aliphatic hydroxyl groups is 1. The molecule has 0 fully saturated rings. The number of aliphatic hydroxyl groups excluding tert-OH is 1. The molecule has 0 heterocycles. The lowest BCUT2D eigenvalue weighted by Crippen LogP contribution is -2.54. The molecule has 10 nitrogen and oxygen atoms in total. The van der Waals surface area contributed by atoms with E-state index in [1.807, 2.05) is 12.1 Å². The summed E-state index contributed by atoms with van der Waals surface area (Å²) in [6, 6.07) is 11.3. The van der Waals surface area contributed by atoms with Gasteiger partial charge < -0.3 is 30.1 Å². The van der Waals surface area contributed by atoms with E-state index in [9.17, 15) is 24.8 Å². The first-order valence-electron chi connectivity index (χ1n) is 11.7. The van der Waals surface area contributed by atoms with Gasteiger partial charge in [0.25, 0.3) is 5.91 Å². The van der Waals surface area contributed by atoms with Gasteiger partial charge in [-0.25, -0.2) is 4.79 Å². The minimum Gasteiger partial charge on any atom is -0.497 e. The monoisotopic (exact) mass is 510 g/mol. The zero-order chi connectivity index (χ0) is 27.8. The largest absolute Gasteiger partial charge is 0.497 e. The molecule has 0 radical (unpaired) electrons. The Labute approximate surface area is 217 Å². The fourth-order valence-corrected chi connectivity index (χ4v) is 3.78. The summed E-state index contributed by atoms with van der Waals surface area (Å²) in [6.07, 6.45) is -0.914. The summed E-state index contributed by atoms with van der Waals surface area (Å²) < 4.78 is 10.4. The van der Waals surface area contributed by atoms with E-state index in [0.717, 1.165) is 16.0 Å². The summed E-state index contributed by atoms with van der Waals surface area (Å²) in [4.78, 5) is 40.7. The van der Waals surface area contributed by atoms with Crippen molar-refractivity contribution in [3.63, 3.8) is 0 Å². The molecule has 0 aliphatic carbocycles. The summed E-state index contributed by atoms with van der Waals surface area (Å²) in [5.74, 6) is -0.780. The fourth-order valence-electron chi connectivity index (χ4n) is 3.78. The predicted octanol–water partition coefficient (Wildman–Crippen LogP) is 3.23. The van der Waals surface area contributed by atoms with E-state index in [0.29, 0.717) is 17.0 Å². The Kier molecular flexibility index (Phi) is 10.0. The minimum absolute atomic E-state index is 0.456. The number of amides is 3. The third kappa shape index (κ3) is 7.95. The second-order valence-electron chi connectivity index (χ2n) is 9.43. The van der Waals surface area contributed by atoms with E-state index >= 15 is 0 Å². The lowest BCUT2D eigenvalue weighted by atomic mass is 9.93. The molecule has 2 aromatic carbocycles. The van der Waals surface area contributed by atoms with Gasteiger partial charge in [-0.1, -0.05) is 18.2 Å². The second kappa shape index (κ2) is 12.7. The van der Waals surface area contributed by atoms with E-state index in [4.69, 9.17) is 9.47 Å². The van der Waals surface area contributed by atoms with Gasteiger partial charge in [0.15, 0.2) is 0 Å². The molecule has 0 saturated heterocycles. The predicted molar refractivity (Wildman–Crippen MR) is 138 cm³/mol. The highest BCUT2D eigenvalue weighted by Gasteiger charge is 2.37. The summed E-state index contributed by atoms with van der Waals surface area (Å²) in [7, 11) is 1.53. The van der Waals surface area contributed by atoms with Crippen LogP contribution in [0.2, 0.25) is 0 Å². The molecule has 3 amide bonds. The quantitative estimate of drug-likeness (QED) is 0.440. The summed E-state index contributed by atoms with van der Waals surface area (Å²) in [6.45, 7) is 7.33. The molecule has 2 aromatic rings. The highest BCUT2D eigenvalue weighted by molar-refractivity contribution is 5.99. The normalized spacial score (nSPS) is 12.5. The Balaban J connectivity index is 2.50. The van der Waals surface area contributed by atoms with Crippen LogP contribution in [0, 0.1) is 25.2 Å². The van der Waals surface area contributed by atoms with Crippen LogP contribution in [0.25, 0.3) is 0 Å². The number of anilines is 1. The molecule has 0 bridgehead atoms. The zero-order valence-corrected chi connectivity index (χ0v) is 22.0. The van der Waals surface area contributed by atoms with Crippen LogP contribution in [-0.2, 0) is 14.3 Å². The van der Waals surface area contributed by atoms with Gasteiger partial charge in [0.2, 0.25) is 5.91 Å². The highest BCUT2D eigenvalue weighted by atomic mass is 16.6. The number of nitrogens with one attached hydrogen (secondary N) is 2. The fraction of sp³-hybridized carbons (Fsp3) is 0.407. The number of benzene rings is 2. The first kappa shape index (κ1) is 29.1. The van der Waals surface area contributed by atoms with Crippen molar-refractivity contribution in [1.82, 2.24) is 10.2 Å². The van der Waals surface area contributed by atoms with E-state index < -0.39 is 48.7 Å². The van der Waals surface area contributed by atoms with Gasteiger partial charge in [0.1, 0.15) is 30.0 Å².